The van der Waals surface area contributed by atoms with Gasteiger partial charge in [0.25, 0.3) is 10.0 Å². The fourth-order valence-corrected chi connectivity index (χ4v) is 5.17. The Kier molecular flexibility index (Phi) is 6.39. The van der Waals surface area contributed by atoms with Crippen LogP contribution >= 0.6 is 11.6 Å². The van der Waals surface area contributed by atoms with Crippen molar-refractivity contribution in [3.8, 4) is 0 Å². The molecule has 3 rings (SSSR count). The number of nitrogens with one attached hydrogen (secondary N) is 1. The van der Waals surface area contributed by atoms with Crippen LogP contribution in [0, 0.1) is 0 Å². The van der Waals surface area contributed by atoms with Crippen molar-refractivity contribution < 1.29 is 21.6 Å². The lowest BCUT2D eigenvalue weighted by Crippen LogP contribution is -2.37. The number of rotatable bonds is 6. The molecule has 1 saturated heterocycles. The van der Waals surface area contributed by atoms with Gasteiger partial charge in [0.2, 0.25) is 10.0 Å². The van der Waals surface area contributed by atoms with Crippen LogP contribution in [0.5, 0.6) is 0 Å². The van der Waals surface area contributed by atoms with Crippen molar-refractivity contribution in [1.29, 1.82) is 0 Å². The number of benzene rings is 2. The topological polar surface area (TPSA) is 96.0 Å². The molecule has 0 radical (unpaired) electrons. The molecule has 1 N–H and O–H groups in total. The second-order valence-corrected chi connectivity index (χ2v) is 10.8. The first-order valence-electron chi connectivity index (χ1n) is 8.79. The first-order valence-corrected chi connectivity index (χ1v) is 12.1. The zero-order valence-corrected chi connectivity index (χ0v) is 18.4. The van der Waals surface area contributed by atoms with Gasteiger partial charge in [-0.25, -0.2) is 21.1 Å². The summed E-state index contributed by atoms with van der Waals surface area (Å²) in [5.74, 6) is 0. The van der Waals surface area contributed by atoms with Gasteiger partial charge in [0, 0.05) is 27.2 Å². The third kappa shape index (κ3) is 4.67. The predicted molar refractivity (Wildman–Crippen MR) is 113 cm³/mol. The van der Waals surface area contributed by atoms with Gasteiger partial charge >= 0.3 is 0 Å². The number of hydrogen-bond donors (Lipinski definition) is 1. The van der Waals surface area contributed by atoms with Gasteiger partial charge in [-0.05, 0) is 36.4 Å². The van der Waals surface area contributed by atoms with E-state index in [9.17, 15) is 16.8 Å². The zero-order valence-electron chi connectivity index (χ0n) is 16.0. The molecule has 11 heteroatoms. The number of hydrogen-bond acceptors (Lipinski definition) is 6. The summed E-state index contributed by atoms with van der Waals surface area (Å²) in [7, 11) is -4.77. The normalized spacial score (nSPS) is 15.5. The second-order valence-electron chi connectivity index (χ2n) is 6.60. The summed E-state index contributed by atoms with van der Waals surface area (Å²) in [5, 5.41) is 0.430. The summed E-state index contributed by atoms with van der Waals surface area (Å²) in [4.78, 5) is 1.93. The Morgan fingerprint density at radius 1 is 0.966 bits per heavy atom. The lowest BCUT2D eigenvalue weighted by molar-refractivity contribution is 0.123. The molecular formula is C18H22ClN3O5S2. The highest BCUT2D eigenvalue weighted by atomic mass is 35.5. The summed E-state index contributed by atoms with van der Waals surface area (Å²) < 4.78 is 59.1. The minimum atomic E-state index is -3.95. The van der Waals surface area contributed by atoms with Gasteiger partial charge in [-0.2, -0.15) is 0 Å². The fraction of sp³-hybridized carbons (Fsp3) is 0.333. The summed E-state index contributed by atoms with van der Waals surface area (Å²) in [6.07, 6.45) is 0. The van der Waals surface area contributed by atoms with Crippen LogP contribution < -0.4 is 9.62 Å². The molecular weight excluding hydrogens is 438 g/mol. The van der Waals surface area contributed by atoms with Gasteiger partial charge in [0.05, 0.1) is 39.4 Å². The molecule has 0 bridgehead atoms. The van der Waals surface area contributed by atoms with Crippen molar-refractivity contribution in [2.45, 2.75) is 9.79 Å². The molecule has 0 unspecified atom stereocenters. The van der Waals surface area contributed by atoms with Crippen molar-refractivity contribution in [3.05, 3.63) is 47.5 Å². The molecule has 1 aliphatic rings. The van der Waals surface area contributed by atoms with Crippen LogP contribution in [0.4, 0.5) is 11.4 Å². The van der Waals surface area contributed by atoms with Crippen LogP contribution in [0.2, 0.25) is 5.02 Å². The van der Waals surface area contributed by atoms with Gasteiger partial charge < -0.3 is 9.64 Å². The highest BCUT2D eigenvalue weighted by molar-refractivity contribution is 7.92. The van der Waals surface area contributed by atoms with Crippen molar-refractivity contribution in [3.63, 3.8) is 0 Å². The Morgan fingerprint density at radius 3 is 2.14 bits per heavy atom. The summed E-state index contributed by atoms with van der Waals surface area (Å²) in [6.45, 7) is 2.24. The zero-order chi connectivity index (χ0) is 21.2. The molecule has 2 aromatic carbocycles. The molecule has 158 valence electrons. The molecule has 1 aliphatic heterocycles. The molecule has 0 amide bonds. The molecule has 1 heterocycles. The quantitative estimate of drug-likeness (QED) is 0.711. The van der Waals surface area contributed by atoms with E-state index in [4.69, 9.17) is 16.3 Å². The standard InChI is InChI=1S/C18H22ClN3O5S2/c1-21(2)29(25,26)15-8-6-14(7-9-15)28(23,24)20-17-5-3-4-16(19)18(17)22-10-12-27-13-11-22/h3-9,20H,10-13H2,1-2H3. The average Bonchev–Trinajstić information content (AvgIpc) is 2.68. The largest absolute Gasteiger partial charge is 0.378 e. The monoisotopic (exact) mass is 459 g/mol. The molecule has 0 atom stereocenters. The molecule has 29 heavy (non-hydrogen) atoms. The molecule has 0 aliphatic carbocycles. The first-order chi connectivity index (χ1) is 13.6. The number of para-hydroxylation sites is 1. The van der Waals surface area contributed by atoms with Gasteiger partial charge in [0.15, 0.2) is 0 Å². The lowest BCUT2D eigenvalue weighted by atomic mass is 10.2. The Morgan fingerprint density at radius 2 is 1.55 bits per heavy atom. The summed E-state index contributed by atoms with van der Waals surface area (Å²) >= 11 is 6.35. The van der Waals surface area contributed by atoms with E-state index < -0.39 is 20.0 Å². The van der Waals surface area contributed by atoms with E-state index in [1.54, 1.807) is 18.2 Å². The third-order valence-corrected chi connectivity index (χ3v) is 7.99. The van der Waals surface area contributed by atoms with Crippen molar-refractivity contribution in [2.24, 2.45) is 0 Å². The molecule has 0 saturated carbocycles. The lowest BCUT2D eigenvalue weighted by Gasteiger charge is -2.31. The average molecular weight is 460 g/mol. The maximum Gasteiger partial charge on any atom is 0.261 e. The maximum absolute atomic E-state index is 12.9. The van der Waals surface area contributed by atoms with Crippen LogP contribution in [0.25, 0.3) is 0 Å². The van der Waals surface area contributed by atoms with Crippen molar-refractivity contribution >= 4 is 43.0 Å². The number of anilines is 2. The van der Waals surface area contributed by atoms with Crippen molar-refractivity contribution in [2.75, 3.05) is 50.0 Å². The number of nitrogens with zero attached hydrogens (tertiary/aromatic N) is 2. The van der Waals surface area contributed by atoms with Gasteiger partial charge in [-0.1, -0.05) is 17.7 Å². The van der Waals surface area contributed by atoms with E-state index in [1.807, 2.05) is 4.90 Å². The summed E-state index contributed by atoms with van der Waals surface area (Å²) in [6, 6.07) is 10.1. The molecule has 2 aromatic rings. The third-order valence-electron chi connectivity index (χ3n) is 4.47. The van der Waals surface area contributed by atoms with Crippen LogP contribution in [-0.2, 0) is 24.8 Å². The number of morpholine rings is 1. The first kappa shape index (κ1) is 21.8. The van der Waals surface area contributed by atoms with E-state index in [0.717, 1.165) is 4.31 Å². The summed E-state index contributed by atoms with van der Waals surface area (Å²) in [5.41, 5.74) is 0.942. The Labute approximate surface area is 176 Å². The minimum absolute atomic E-state index is 0.0122. The highest BCUT2D eigenvalue weighted by Gasteiger charge is 2.23. The minimum Gasteiger partial charge on any atom is -0.378 e. The highest BCUT2D eigenvalue weighted by Crippen LogP contribution is 2.35. The van der Waals surface area contributed by atoms with E-state index in [-0.39, 0.29) is 9.79 Å². The van der Waals surface area contributed by atoms with Crippen LogP contribution in [0.15, 0.2) is 52.3 Å². The van der Waals surface area contributed by atoms with Gasteiger partial charge in [-0.15, -0.1) is 0 Å². The Bertz CT molecular complexity index is 1080. The number of sulfonamides is 2. The van der Waals surface area contributed by atoms with E-state index in [0.29, 0.717) is 42.7 Å². The van der Waals surface area contributed by atoms with E-state index in [2.05, 4.69) is 4.72 Å². The number of halogens is 1. The fourth-order valence-electron chi connectivity index (χ4n) is 2.91. The molecule has 8 nitrogen and oxygen atoms in total. The molecule has 0 aromatic heterocycles. The smallest absolute Gasteiger partial charge is 0.261 e. The Hall–Kier alpha value is -1.85. The van der Waals surface area contributed by atoms with Crippen molar-refractivity contribution in [1.82, 2.24) is 4.31 Å². The van der Waals surface area contributed by atoms with E-state index in [1.165, 1.54) is 38.4 Å². The predicted octanol–water partition coefficient (Wildman–Crippen LogP) is 2.23. The molecule has 1 fully saturated rings. The second kappa shape index (κ2) is 8.49. The van der Waals surface area contributed by atoms with Crippen LogP contribution in [0.3, 0.4) is 0 Å². The van der Waals surface area contributed by atoms with E-state index >= 15 is 0 Å². The maximum atomic E-state index is 12.9. The Balaban J connectivity index is 1.91. The number of ether oxygens (including phenoxy) is 1. The molecule has 0 spiro atoms. The van der Waals surface area contributed by atoms with Gasteiger partial charge in [0.1, 0.15) is 0 Å². The van der Waals surface area contributed by atoms with Gasteiger partial charge in [-0.3, -0.25) is 4.72 Å². The van der Waals surface area contributed by atoms with Crippen LogP contribution in [-0.4, -0.2) is 61.5 Å². The van der Waals surface area contributed by atoms with Crippen LogP contribution in [0.1, 0.15) is 0 Å². The SMILES string of the molecule is CN(C)S(=O)(=O)c1ccc(S(=O)(=O)Nc2cccc(Cl)c2N2CCOCC2)cc1.